The Morgan fingerprint density at radius 3 is 2.75 bits per heavy atom. The number of aliphatic hydroxyl groups is 1. The van der Waals surface area contributed by atoms with Crippen molar-refractivity contribution in [2.45, 2.75) is 13.0 Å². The van der Waals surface area contributed by atoms with Crippen molar-refractivity contribution in [1.29, 1.82) is 0 Å². The lowest BCUT2D eigenvalue weighted by atomic mass is 10.1. The molecular formula is C11H10FIN2O. The van der Waals surface area contributed by atoms with Crippen LogP contribution >= 0.6 is 22.6 Å². The fraction of sp³-hybridized carbons (Fsp3) is 0.182. The highest BCUT2D eigenvalue weighted by molar-refractivity contribution is 14.1. The largest absolute Gasteiger partial charge is 0.389 e. The fourth-order valence-corrected chi connectivity index (χ4v) is 1.79. The second-order valence-electron chi connectivity index (χ2n) is 3.49. The summed E-state index contributed by atoms with van der Waals surface area (Å²) in [7, 11) is 0. The Hall–Kier alpha value is -0.950. The summed E-state index contributed by atoms with van der Waals surface area (Å²) in [4.78, 5) is 0. The zero-order valence-corrected chi connectivity index (χ0v) is 10.7. The maximum atomic E-state index is 13.7. The summed E-state index contributed by atoms with van der Waals surface area (Å²) in [5.74, 6) is -0.391. The van der Waals surface area contributed by atoms with Crippen LogP contribution in [0.4, 0.5) is 4.39 Å². The van der Waals surface area contributed by atoms with Crippen molar-refractivity contribution in [2.75, 3.05) is 0 Å². The minimum absolute atomic E-state index is 0.382. The summed E-state index contributed by atoms with van der Waals surface area (Å²) in [5.41, 5.74) is 0.940. The number of rotatable bonds is 2. The van der Waals surface area contributed by atoms with Gasteiger partial charge in [0.15, 0.2) is 0 Å². The summed E-state index contributed by atoms with van der Waals surface area (Å²) in [6.07, 6.45) is 2.73. The molecule has 1 aromatic heterocycles. The molecule has 0 aliphatic carbocycles. The normalized spacial score (nSPS) is 12.8. The predicted octanol–water partition coefficient (Wildman–Crippen LogP) is 2.67. The van der Waals surface area contributed by atoms with Crippen molar-refractivity contribution in [1.82, 2.24) is 9.78 Å². The first-order valence-corrected chi connectivity index (χ1v) is 5.84. The quantitative estimate of drug-likeness (QED) is 0.859. The van der Waals surface area contributed by atoms with E-state index in [9.17, 15) is 9.50 Å². The third kappa shape index (κ3) is 2.25. The molecule has 0 bridgehead atoms. The maximum Gasteiger partial charge on any atom is 0.149 e. The smallest absolute Gasteiger partial charge is 0.149 e. The highest BCUT2D eigenvalue weighted by atomic mass is 127. The van der Waals surface area contributed by atoms with Gasteiger partial charge in [0.2, 0.25) is 0 Å². The molecule has 0 fully saturated rings. The van der Waals surface area contributed by atoms with Crippen LogP contribution < -0.4 is 0 Å². The van der Waals surface area contributed by atoms with Crippen molar-refractivity contribution in [3.05, 3.63) is 45.5 Å². The van der Waals surface area contributed by atoms with Crippen LogP contribution in [-0.4, -0.2) is 14.9 Å². The van der Waals surface area contributed by atoms with Gasteiger partial charge in [-0.25, -0.2) is 9.07 Å². The van der Waals surface area contributed by atoms with Gasteiger partial charge in [0.05, 0.1) is 15.9 Å². The van der Waals surface area contributed by atoms with Gasteiger partial charge in [-0.2, -0.15) is 5.10 Å². The molecule has 1 heterocycles. The second-order valence-corrected chi connectivity index (χ2v) is 4.74. The Balaban J connectivity index is 2.44. The first-order chi connectivity index (χ1) is 7.58. The van der Waals surface area contributed by atoms with Gasteiger partial charge in [-0.1, -0.05) is 6.07 Å². The molecule has 0 saturated carbocycles. The van der Waals surface area contributed by atoms with Crippen LogP contribution in [0.2, 0.25) is 0 Å². The van der Waals surface area contributed by atoms with E-state index in [1.807, 2.05) is 0 Å². The van der Waals surface area contributed by atoms with Gasteiger partial charge in [0.25, 0.3) is 0 Å². The van der Waals surface area contributed by atoms with E-state index in [-0.39, 0.29) is 0 Å². The van der Waals surface area contributed by atoms with Gasteiger partial charge in [-0.15, -0.1) is 0 Å². The van der Waals surface area contributed by atoms with E-state index < -0.39 is 11.9 Å². The van der Waals surface area contributed by atoms with Crippen LogP contribution in [0.3, 0.4) is 0 Å². The van der Waals surface area contributed by atoms with E-state index in [0.717, 1.165) is 3.57 Å². The summed E-state index contributed by atoms with van der Waals surface area (Å²) in [6, 6.07) is 4.63. The lowest BCUT2D eigenvalue weighted by molar-refractivity contribution is 0.199. The third-order valence-corrected chi connectivity index (χ3v) is 2.81. The Morgan fingerprint density at radius 1 is 1.50 bits per heavy atom. The minimum Gasteiger partial charge on any atom is -0.389 e. The van der Waals surface area contributed by atoms with Crippen LogP contribution in [0.1, 0.15) is 18.6 Å². The molecule has 0 spiro atoms. The van der Waals surface area contributed by atoms with Crippen LogP contribution in [0.15, 0.2) is 30.6 Å². The topological polar surface area (TPSA) is 38.0 Å². The average molecular weight is 332 g/mol. The molecule has 0 radical (unpaired) electrons. The Kier molecular flexibility index (Phi) is 3.25. The van der Waals surface area contributed by atoms with Crippen molar-refractivity contribution >= 4 is 22.6 Å². The summed E-state index contributed by atoms with van der Waals surface area (Å²) in [5, 5.41) is 13.4. The predicted molar refractivity (Wildman–Crippen MR) is 66.9 cm³/mol. The second kappa shape index (κ2) is 4.50. The molecule has 84 valence electrons. The maximum absolute atomic E-state index is 13.7. The van der Waals surface area contributed by atoms with E-state index in [1.165, 1.54) is 10.7 Å². The van der Waals surface area contributed by atoms with Gasteiger partial charge >= 0.3 is 0 Å². The Morgan fingerprint density at radius 2 is 2.25 bits per heavy atom. The molecule has 0 aliphatic heterocycles. The Labute approximate surface area is 106 Å². The van der Waals surface area contributed by atoms with Crippen molar-refractivity contribution in [2.24, 2.45) is 0 Å². The minimum atomic E-state index is -0.665. The molecule has 1 atom stereocenters. The van der Waals surface area contributed by atoms with E-state index in [1.54, 1.807) is 31.5 Å². The van der Waals surface area contributed by atoms with Crippen LogP contribution in [-0.2, 0) is 0 Å². The Bertz CT molecular complexity index is 510. The van der Waals surface area contributed by atoms with Crippen LogP contribution in [0.5, 0.6) is 0 Å². The molecule has 0 aliphatic rings. The lowest BCUT2D eigenvalue weighted by Gasteiger charge is -2.07. The van der Waals surface area contributed by atoms with Gasteiger partial charge < -0.3 is 5.11 Å². The zero-order chi connectivity index (χ0) is 11.7. The molecule has 0 saturated heterocycles. The van der Waals surface area contributed by atoms with E-state index in [0.29, 0.717) is 11.3 Å². The molecule has 1 aromatic carbocycles. The number of aliphatic hydroxyl groups excluding tert-OH is 1. The molecule has 2 rings (SSSR count). The molecule has 3 nitrogen and oxygen atoms in total. The van der Waals surface area contributed by atoms with Crippen molar-refractivity contribution in [3.63, 3.8) is 0 Å². The SMILES string of the molecule is CC(O)c1ccc(-n2cc(I)cn2)c(F)c1. The first-order valence-electron chi connectivity index (χ1n) is 4.76. The lowest BCUT2D eigenvalue weighted by Crippen LogP contribution is -2.00. The molecule has 0 amide bonds. The number of benzene rings is 1. The molecule has 1 N–H and O–H groups in total. The summed E-state index contributed by atoms with van der Waals surface area (Å²) >= 11 is 2.11. The van der Waals surface area contributed by atoms with Gasteiger partial charge in [0.1, 0.15) is 11.5 Å². The molecule has 1 unspecified atom stereocenters. The third-order valence-electron chi connectivity index (χ3n) is 2.25. The first kappa shape index (κ1) is 11.5. The monoisotopic (exact) mass is 332 g/mol. The molecule has 16 heavy (non-hydrogen) atoms. The fourth-order valence-electron chi connectivity index (χ4n) is 1.40. The highest BCUT2D eigenvalue weighted by Gasteiger charge is 2.09. The van der Waals surface area contributed by atoms with Crippen LogP contribution in [0.25, 0.3) is 5.69 Å². The zero-order valence-electron chi connectivity index (χ0n) is 8.56. The van der Waals surface area contributed by atoms with Crippen molar-refractivity contribution in [3.8, 4) is 5.69 Å². The van der Waals surface area contributed by atoms with Crippen molar-refractivity contribution < 1.29 is 9.50 Å². The van der Waals surface area contributed by atoms with Gasteiger partial charge in [0, 0.05) is 6.20 Å². The number of hydrogen-bond donors (Lipinski definition) is 1. The molecule has 5 heteroatoms. The van der Waals surface area contributed by atoms with Crippen LogP contribution in [0, 0.1) is 9.39 Å². The van der Waals surface area contributed by atoms with Gasteiger partial charge in [-0.3, -0.25) is 0 Å². The number of aromatic nitrogens is 2. The highest BCUT2D eigenvalue weighted by Crippen LogP contribution is 2.19. The van der Waals surface area contributed by atoms with Gasteiger partial charge in [-0.05, 0) is 47.2 Å². The number of nitrogens with zero attached hydrogens (tertiary/aromatic N) is 2. The molecular weight excluding hydrogens is 322 g/mol. The van der Waals surface area contributed by atoms with E-state index in [2.05, 4.69) is 27.7 Å². The van der Waals surface area contributed by atoms with E-state index >= 15 is 0 Å². The standard InChI is InChI=1S/C11H10FIN2O/c1-7(16)8-2-3-11(10(12)4-8)15-6-9(13)5-14-15/h2-7,16H,1H3. The average Bonchev–Trinajstić information content (AvgIpc) is 2.64. The number of halogens is 2. The summed E-state index contributed by atoms with van der Waals surface area (Å²) in [6.45, 7) is 1.60. The number of hydrogen-bond acceptors (Lipinski definition) is 2. The molecule has 2 aromatic rings. The summed E-state index contributed by atoms with van der Waals surface area (Å²) < 4.78 is 16.1. The van der Waals surface area contributed by atoms with E-state index in [4.69, 9.17) is 0 Å².